The molecule has 0 aliphatic rings. The van der Waals surface area contributed by atoms with Gasteiger partial charge in [-0.25, -0.2) is 0 Å². The zero-order valence-electron chi connectivity index (χ0n) is 9.41. The minimum atomic E-state index is 0.103. The van der Waals surface area contributed by atoms with Crippen molar-refractivity contribution in [1.29, 1.82) is 0 Å². The Morgan fingerprint density at radius 2 is 2.00 bits per heavy atom. The maximum Gasteiger partial charge on any atom is 0.0493 e. The molecule has 1 atom stereocenters. The number of hydrogen-bond acceptors (Lipinski definition) is 2. The standard InChI is InChI=1S/C13H13Cl2NS/c1-2-11(16)13-6-5-12(17-13)9-7-8(14)3-4-10(9)15/h3-7,11H,2,16H2,1H3. The van der Waals surface area contributed by atoms with Gasteiger partial charge in [-0.1, -0.05) is 30.1 Å². The Balaban J connectivity index is 2.40. The first-order chi connectivity index (χ1) is 8.11. The molecule has 0 fully saturated rings. The van der Waals surface area contributed by atoms with E-state index in [1.165, 1.54) is 4.88 Å². The molecule has 90 valence electrons. The minimum absolute atomic E-state index is 0.103. The van der Waals surface area contributed by atoms with Gasteiger partial charge in [0.2, 0.25) is 0 Å². The molecule has 1 unspecified atom stereocenters. The first kappa shape index (κ1) is 12.9. The van der Waals surface area contributed by atoms with Crippen LogP contribution in [0.25, 0.3) is 10.4 Å². The first-order valence-corrected chi connectivity index (χ1v) is 6.99. The Kier molecular flexibility index (Phi) is 4.10. The van der Waals surface area contributed by atoms with Gasteiger partial charge >= 0.3 is 0 Å². The molecule has 0 saturated carbocycles. The van der Waals surface area contributed by atoms with Gasteiger partial charge in [-0.05, 0) is 36.8 Å². The van der Waals surface area contributed by atoms with Crippen LogP contribution in [-0.2, 0) is 0 Å². The Morgan fingerprint density at radius 3 is 2.71 bits per heavy atom. The summed E-state index contributed by atoms with van der Waals surface area (Å²) in [5, 5.41) is 1.41. The van der Waals surface area contributed by atoms with E-state index < -0.39 is 0 Å². The number of benzene rings is 1. The van der Waals surface area contributed by atoms with E-state index in [9.17, 15) is 0 Å². The molecule has 0 amide bonds. The molecular weight excluding hydrogens is 273 g/mol. The summed E-state index contributed by atoms with van der Waals surface area (Å²) < 4.78 is 0. The van der Waals surface area contributed by atoms with E-state index in [2.05, 4.69) is 13.0 Å². The van der Waals surface area contributed by atoms with Gasteiger partial charge in [-0.2, -0.15) is 0 Å². The van der Waals surface area contributed by atoms with Crippen molar-refractivity contribution in [3.05, 3.63) is 45.3 Å². The largest absolute Gasteiger partial charge is 0.323 e. The molecule has 0 bridgehead atoms. The van der Waals surface area contributed by atoms with E-state index >= 15 is 0 Å². The summed E-state index contributed by atoms with van der Waals surface area (Å²) in [6.07, 6.45) is 0.934. The van der Waals surface area contributed by atoms with Crippen molar-refractivity contribution in [3.8, 4) is 10.4 Å². The van der Waals surface area contributed by atoms with Gasteiger partial charge in [0, 0.05) is 31.4 Å². The molecule has 0 aliphatic heterocycles. The van der Waals surface area contributed by atoms with E-state index in [4.69, 9.17) is 28.9 Å². The second kappa shape index (κ2) is 5.40. The molecule has 1 heterocycles. The molecule has 0 saturated heterocycles. The maximum absolute atomic E-state index is 6.17. The van der Waals surface area contributed by atoms with Crippen LogP contribution >= 0.6 is 34.5 Å². The Bertz CT molecular complexity index is 522. The fourth-order valence-electron chi connectivity index (χ4n) is 1.58. The van der Waals surface area contributed by atoms with Crippen LogP contribution in [0.3, 0.4) is 0 Å². The van der Waals surface area contributed by atoms with Crippen molar-refractivity contribution in [3.63, 3.8) is 0 Å². The fraction of sp³-hybridized carbons (Fsp3) is 0.231. The van der Waals surface area contributed by atoms with Crippen molar-refractivity contribution in [2.75, 3.05) is 0 Å². The van der Waals surface area contributed by atoms with E-state index in [0.717, 1.165) is 16.9 Å². The molecule has 17 heavy (non-hydrogen) atoms. The summed E-state index contributed by atoms with van der Waals surface area (Å²) in [6.45, 7) is 2.08. The smallest absolute Gasteiger partial charge is 0.0493 e. The van der Waals surface area contributed by atoms with Crippen molar-refractivity contribution in [2.24, 2.45) is 5.73 Å². The Hall–Kier alpha value is -0.540. The summed E-state index contributed by atoms with van der Waals surface area (Å²) in [5.74, 6) is 0. The predicted octanol–water partition coefficient (Wildman–Crippen LogP) is 5.13. The van der Waals surface area contributed by atoms with Gasteiger partial charge in [-0.3, -0.25) is 0 Å². The lowest BCUT2D eigenvalue weighted by Crippen LogP contribution is -2.05. The lowest BCUT2D eigenvalue weighted by atomic mass is 10.2. The second-order valence-corrected chi connectivity index (χ2v) is 5.80. The van der Waals surface area contributed by atoms with Gasteiger partial charge in [0.05, 0.1) is 0 Å². The van der Waals surface area contributed by atoms with Crippen molar-refractivity contribution in [2.45, 2.75) is 19.4 Å². The molecule has 0 radical (unpaired) electrons. The fourth-order valence-corrected chi connectivity index (χ4v) is 3.15. The monoisotopic (exact) mass is 285 g/mol. The zero-order valence-corrected chi connectivity index (χ0v) is 11.7. The number of rotatable bonds is 3. The van der Waals surface area contributed by atoms with Gasteiger partial charge in [0.25, 0.3) is 0 Å². The molecular formula is C13H13Cl2NS. The van der Waals surface area contributed by atoms with Crippen molar-refractivity contribution >= 4 is 34.5 Å². The molecule has 0 aliphatic carbocycles. The van der Waals surface area contributed by atoms with E-state index in [0.29, 0.717) is 10.0 Å². The van der Waals surface area contributed by atoms with Crippen LogP contribution in [0.2, 0.25) is 10.0 Å². The number of halogens is 2. The normalized spacial score (nSPS) is 12.7. The maximum atomic E-state index is 6.17. The third kappa shape index (κ3) is 2.83. The van der Waals surface area contributed by atoms with Gasteiger partial charge in [0.1, 0.15) is 0 Å². The summed E-state index contributed by atoms with van der Waals surface area (Å²) in [4.78, 5) is 2.29. The number of hydrogen-bond donors (Lipinski definition) is 1. The third-order valence-corrected chi connectivity index (χ3v) is 4.44. The van der Waals surface area contributed by atoms with Crippen LogP contribution in [0.1, 0.15) is 24.3 Å². The zero-order chi connectivity index (χ0) is 12.4. The number of nitrogens with two attached hydrogens (primary N) is 1. The first-order valence-electron chi connectivity index (χ1n) is 5.42. The van der Waals surface area contributed by atoms with E-state index in [1.807, 2.05) is 18.2 Å². The topological polar surface area (TPSA) is 26.0 Å². The summed E-state index contributed by atoms with van der Waals surface area (Å²) in [7, 11) is 0. The highest BCUT2D eigenvalue weighted by atomic mass is 35.5. The predicted molar refractivity (Wildman–Crippen MR) is 77.0 cm³/mol. The highest BCUT2D eigenvalue weighted by Crippen LogP contribution is 2.36. The van der Waals surface area contributed by atoms with Gasteiger partial charge in [-0.15, -0.1) is 11.3 Å². The van der Waals surface area contributed by atoms with E-state index in [-0.39, 0.29) is 6.04 Å². The van der Waals surface area contributed by atoms with E-state index in [1.54, 1.807) is 17.4 Å². The SMILES string of the molecule is CCC(N)c1ccc(-c2cc(Cl)ccc2Cl)s1. The van der Waals surface area contributed by atoms with Crippen LogP contribution < -0.4 is 5.73 Å². The van der Waals surface area contributed by atoms with Crippen molar-refractivity contribution in [1.82, 2.24) is 0 Å². The summed E-state index contributed by atoms with van der Waals surface area (Å²) in [5.41, 5.74) is 6.98. The third-order valence-electron chi connectivity index (χ3n) is 2.63. The average Bonchev–Trinajstić information content (AvgIpc) is 2.80. The summed E-state index contributed by atoms with van der Waals surface area (Å²) >= 11 is 13.8. The molecule has 2 N–H and O–H groups in total. The van der Waals surface area contributed by atoms with Crippen molar-refractivity contribution < 1.29 is 0 Å². The lowest BCUT2D eigenvalue weighted by Gasteiger charge is -2.05. The molecule has 1 aromatic heterocycles. The van der Waals surface area contributed by atoms with Crippen LogP contribution in [0, 0.1) is 0 Å². The van der Waals surface area contributed by atoms with Crippen LogP contribution in [0.4, 0.5) is 0 Å². The molecule has 4 heteroatoms. The molecule has 2 aromatic rings. The van der Waals surface area contributed by atoms with Gasteiger partial charge in [0.15, 0.2) is 0 Å². The highest BCUT2D eigenvalue weighted by Gasteiger charge is 2.10. The van der Waals surface area contributed by atoms with Crippen LogP contribution in [0.5, 0.6) is 0 Å². The summed E-state index contributed by atoms with van der Waals surface area (Å²) in [6, 6.07) is 9.71. The second-order valence-electron chi connectivity index (χ2n) is 3.84. The van der Waals surface area contributed by atoms with Gasteiger partial charge < -0.3 is 5.73 Å². The average molecular weight is 286 g/mol. The minimum Gasteiger partial charge on any atom is -0.323 e. The Morgan fingerprint density at radius 1 is 1.24 bits per heavy atom. The Labute approximate surface area is 115 Å². The molecule has 0 spiro atoms. The molecule has 2 rings (SSSR count). The molecule has 1 aromatic carbocycles. The molecule has 1 nitrogen and oxygen atoms in total. The lowest BCUT2D eigenvalue weighted by molar-refractivity contribution is 0.712. The quantitative estimate of drug-likeness (QED) is 0.831. The van der Waals surface area contributed by atoms with Crippen LogP contribution in [-0.4, -0.2) is 0 Å². The highest BCUT2D eigenvalue weighted by molar-refractivity contribution is 7.15. The number of thiophene rings is 1. The van der Waals surface area contributed by atoms with Crippen LogP contribution in [0.15, 0.2) is 30.3 Å².